The van der Waals surface area contributed by atoms with Gasteiger partial charge in [-0.15, -0.1) is 0 Å². The first kappa shape index (κ1) is 35.1. The summed E-state index contributed by atoms with van der Waals surface area (Å²) in [6.45, 7) is 11.7. The van der Waals surface area contributed by atoms with Crippen LogP contribution < -0.4 is 5.32 Å². The highest BCUT2D eigenvalue weighted by Gasteiger charge is 2.52. The van der Waals surface area contributed by atoms with Crippen LogP contribution in [0.1, 0.15) is 61.3 Å². The van der Waals surface area contributed by atoms with Crippen LogP contribution in [0.2, 0.25) is 0 Å². The number of nitrogens with zero attached hydrogens (tertiary/aromatic N) is 1. The van der Waals surface area contributed by atoms with E-state index in [-0.39, 0.29) is 13.2 Å². The maximum Gasteiger partial charge on any atom is 0.407 e. The van der Waals surface area contributed by atoms with Gasteiger partial charge in [0, 0.05) is 40.8 Å². The lowest BCUT2D eigenvalue weighted by atomic mass is 9.98. The van der Waals surface area contributed by atoms with Crippen LogP contribution in [0.5, 0.6) is 0 Å². The van der Waals surface area contributed by atoms with Crippen LogP contribution in [0.15, 0.2) is 0 Å². The fourth-order valence-electron chi connectivity index (χ4n) is 3.82. The Hall–Kier alpha value is -2.97. The third-order valence-corrected chi connectivity index (χ3v) is 5.30. The Morgan fingerprint density at radius 1 is 0.800 bits per heavy atom. The second-order valence-corrected chi connectivity index (χ2v) is 10.4. The lowest BCUT2D eigenvalue weighted by Crippen LogP contribution is -2.63. The highest BCUT2D eigenvalue weighted by atomic mass is 16.7. The molecule has 14 heteroatoms. The molecule has 1 aliphatic heterocycles. The number of carbonyl (C=O) groups is 5. The topological polar surface area (TPSA) is 165 Å². The number of alkyl carbamates (subject to hydrolysis) is 1. The average Bonchev–Trinajstić information content (AvgIpc) is 2.79. The number of hydrogen-bond donors (Lipinski definition) is 1. The summed E-state index contributed by atoms with van der Waals surface area (Å²) in [6.07, 6.45) is -5.23. The van der Waals surface area contributed by atoms with Crippen molar-refractivity contribution in [2.75, 3.05) is 39.9 Å². The molecule has 5 atom stereocenters. The summed E-state index contributed by atoms with van der Waals surface area (Å²) in [5.41, 5.74) is -0.558. The van der Waals surface area contributed by atoms with E-state index in [1.165, 1.54) is 13.8 Å². The van der Waals surface area contributed by atoms with Crippen molar-refractivity contribution in [3.05, 3.63) is 0 Å². The number of esters is 4. The molecule has 1 N–H and O–H groups in total. The van der Waals surface area contributed by atoms with Crippen molar-refractivity contribution in [1.82, 2.24) is 10.2 Å². The van der Waals surface area contributed by atoms with Gasteiger partial charge < -0.3 is 43.4 Å². The van der Waals surface area contributed by atoms with Crippen LogP contribution in [0.3, 0.4) is 0 Å². The minimum Gasteiger partial charge on any atom is -0.463 e. The SMILES string of the molecule is CC(=O)OCC1OC(OCCCN(C)CCCNC(=O)OC(C)(C)C)C(OC(C)=O)C(OC(C)=O)C1OC(C)=O. The molecule has 1 saturated heterocycles. The highest BCUT2D eigenvalue weighted by Crippen LogP contribution is 2.30. The number of rotatable bonds is 14. The Balaban J connectivity index is 2.77. The van der Waals surface area contributed by atoms with Gasteiger partial charge in [0.05, 0.1) is 6.61 Å². The summed E-state index contributed by atoms with van der Waals surface area (Å²) in [7, 11) is 1.92. The maximum atomic E-state index is 11.9. The van der Waals surface area contributed by atoms with Crippen LogP contribution in [0.4, 0.5) is 4.79 Å². The fraction of sp³-hybridized carbons (Fsp3) is 0.808. The minimum absolute atomic E-state index is 0.175. The first-order chi connectivity index (χ1) is 18.6. The molecule has 1 heterocycles. The zero-order valence-corrected chi connectivity index (χ0v) is 24.7. The van der Waals surface area contributed by atoms with E-state index in [2.05, 4.69) is 5.32 Å². The van der Waals surface area contributed by atoms with Gasteiger partial charge in [0.25, 0.3) is 0 Å². The molecule has 230 valence electrons. The van der Waals surface area contributed by atoms with Crippen molar-refractivity contribution < 1.29 is 57.1 Å². The average molecular weight is 577 g/mol. The molecule has 1 amide bonds. The Bertz CT molecular complexity index is 859. The normalized spacial score (nSPS) is 22.7. The monoisotopic (exact) mass is 576 g/mol. The molecule has 0 radical (unpaired) electrons. The second-order valence-electron chi connectivity index (χ2n) is 10.4. The van der Waals surface area contributed by atoms with Crippen LogP contribution in [0, 0.1) is 0 Å². The minimum atomic E-state index is -1.27. The van der Waals surface area contributed by atoms with Gasteiger partial charge in [0.15, 0.2) is 24.6 Å². The predicted octanol–water partition coefficient (Wildman–Crippen LogP) is 1.32. The van der Waals surface area contributed by atoms with Crippen molar-refractivity contribution in [3.8, 4) is 0 Å². The lowest BCUT2D eigenvalue weighted by Gasteiger charge is -2.44. The summed E-state index contributed by atoms with van der Waals surface area (Å²) in [5.74, 6) is -2.71. The molecule has 0 saturated carbocycles. The van der Waals surface area contributed by atoms with Crippen molar-refractivity contribution >= 4 is 30.0 Å². The lowest BCUT2D eigenvalue weighted by molar-refractivity contribution is -0.308. The molecule has 0 bridgehead atoms. The Kier molecular flexibility index (Phi) is 14.9. The van der Waals surface area contributed by atoms with Gasteiger partial charge in [-0.25, -0.2) is 4.79 Å². The van der Waals surface area contributed by atoms with Gasteiger partial charge >= 0.3 is 30.0 Å². The standard InChI is InChI=1S/C26H44N2O12/c1-16(29)35-15-20-21(36-17(2)30)22(37-18(3)31)23(38-19(4)32)24(39-20)34-14-10-13-28(8)12-9-11-27-25(33)40-26(5,6)7/h20-24H,9-15H2,1-8H3,(H,27,33). The van der Waals surface area contributed by atoms with Gasteiger partial charge in [0.1, 0.15) is 18.3 Å². The molecule has 1 fully saturated rings. The summed E-state index contributed by atoms with van der Waals surface area (Å²) in [5, 5.41) is 2.71. The van der Waals surface area contributed by atoms with E-state index in [0.717, 1.165) is 13.8 Å². The molecule has 0 aromatic heterocycles. The van der Waals surface area contributed by atoms with E-state index in [1.807, 2.05) is 11.9 Å². The molecule has 0 aromatic rings. The smallest absolute Gasteiger partial charge is 0.407 e. The third kappa shape index (κ3) is 14.4. The van der Waals surface area contributed by atoms with Crippen LogP contribution in [-0.2, 0) is 52.3 Å². The molecule has 5 unspecified atom stereocenters. The van der Waals surface area contributed by atoms with E-state index in [4.69, 9.17) is 33.2 Å². The van der Waals surface area contributed by atoms with Gasteiger partial charge in [0.2, 0.25) is 0 Å². The van der Waals surface area contributed by atoms with Crippen molar-refractivity contribution in [2.24, 2.45) is 0 Å². The van der Waals surface area contributed by atoms with E-state index in [0.29, 0.717) is 32.5 Å². The highest BCUT2D eigenvalue weighted by molar-refractivity contribution is 5.69. The largest absolute Gasteiger partial charge is 0.463 e. The van der Waals surface area contributed by atoms with Gasteiger partial charge in [-0.3, -0.25) is 19.2 Å². The number of amides is 1. The molecule has 0 aliphatic carbocycles. The number of nitrogens with one attached hydrogen (secondary N) is 1. The van der Waals surface area contributed by atoms with Crippen LogP contribution >= 0.6 is 0 Å². The fourth-order valence-corrected chi connectivity index (χ4v) is 3.82. The first-order valence-electron chi connectivity index (χ1n) is 13.2. The van der Waals surface area contributed by atoms with E-state index >= 15 is 0 Å². The molecular weight excluding hydrogens is 532 g/mol. The molecule has 0 spiro atoms. The Labute approximate surface area is 235 Å². The number of carbonyl (C=O) groups excluding carboxylic acids is 5. The molecule has 14 nitrogen and oxygen atoms in total. The number of hydrogen-bond acceptors (Lipinski definition) is 13. The van der Waals surface area contributed by atoms with Crippen LogP contribution in [0.25, 0.3) is 0 Å². The van der Waals surface area contributed by atoms with Crippen molar-refractivity contribution in [2.45, 2.75) is 97.6 Å². The number of ether oxygens (including phenoxy) is 7. The summed E-state index contributed by atoms with van der Waals surface area (Å²) in [6, 6.07) is 0. The van der Waals surface area contributed by atoms with E-state index < -0.39 is 66.3 Å². The molecular formula is C26H44N2O12. The quantitative estimate of drug-likeness (QED) is 0.179. The van der Waals surface area contributed by atoms with E-state index in [1.54, 1.807) is 20.8 Å². The maximum absolute atomic E-state index is 11.9. The predicted molar refractivity (Wildman–Crippen MR) is 139 cm³/mol. The first-order valence-corrected chi connectivity index (χ1v) is 13.2. The van der Waals surface area contributed by atoms with Gasteiger partial charge in [-0.2, -0.15) is 0 Å². The van der Waals surface area contributed by atoms with Crippen LogP contribution in [-0.4, -0.2) is 111 Å². The Morgan fingerprint density at radius 2 is 1.35 bits per heavy atom. The third-order valence-electron chi connectivity index (χ3n) is 5.30. The summed E-state index contributed by atoms with van der Waals surface area (Å²) >= 11 is 0. The van der Waals surface area contributed by atoms with E-state index in [9.17, 15) is 24.0 Å². The summed E-state index contributed by atoms with van der Waals surface area (Å²) in [4.78, 5) is 60.8. The van der Waals surface area contributed by atoms with Gasteiger partial charge in [-0.05, 0) is 47.2 Å². The second kappa shape index (κ2) is 17.0. The summed E-state index contributed by atoms with van der Waals surface area (Å²) < 4.78 is 38.1. The van der Waals surface area contributed by atoms with Crippen molar-refractivity contribution in [1.29, 1.82) is 0 Å². The van der Waals surface area contributed by atoms with Gasteiger partial charge in [-0.1, -0.05) is 0 Å². The molecule has 1 aliphatic rings. The zero-order valence-electron chi connectivity index (χ0n) is 24.7. The molecule has 0 aromatic carbocycles. The van der Waals surface area contributed by atoms with Crippen molar-refractivity contribution in [3.63, 3.8) is 0 Å². The zero-order chi connectivity index (χ0) is 30.5. The Morgan fingerprint density at radius 3 is 1.90 bits per heavy atom. The molecule has 1 rings (SSSR count). The molecule has 40 heavy (non-hydrogen) atoms.